The minimum absolute atomic E-state index is 0.0588. The Balaban J connectivity index is 2.39. The standard InChI is InChI=1S/C22H23FN2O4S/c1-13-4-6-17(30(3,28)29)11-18(13)21-14(2)25(12-16(23)8-9-24)20-7-5-15(22(26)27)10-19(20)21/h4-8,10-11H,9,12,24H2,1-3H3,(H,26,27)/b16-8-. The number of nitrogens with zero attached hydrogens (tertiary/aromatic N) is 1. The molecule has 3 aromatic rings. The van der Waals surface area contributed by atoms with Crippen LogP contribution >= 0.6 is 0 Å². The third kappa shape index (κ3) is 4.01. The van der Waals surface area contributed by atoms with Gasteiger partial charge in [0, 0.05) is 35.0 Å². The first-order chi connectivity index (χ1) is 14.0. The molecule has 0 aliphatic carbocycles. The third-order valence-electron chi connectivity index (χ3n) is 5.13. The molecule has 0 aliphatic rings. The van der Waals surface area contributed by atoms with Gasteiger partial charge >= 0.3 is 5.97 Å². The number of fused-ring (bicyclic) bond motifs is 1. The van der Waals surface area contributed by atoms with E-state index in [2.05, 4.69) is 0 Å². The zero-order valence-electron chi connectivity index (χ0n) is 16.9. The summed E-state index contributed by atoms with van der Waals surface area (Å²) in [6.45, 7) is 3.66. The number of hydrogen-bond acceptors (Lipinski definition) is 4. The van der Waals surface area contributed by atoms with Crippen molar-refractivity contribution >= 4 is 26.7 Å². The van der Waals surface area contributed by atoms with E-state index in [1.54, 1.807) is 29.7 Å². The minimum Gasteiger partial charge on any atom is -0.478 e. The molecule has 0 aliphatic heterocycles. The lowest BCUT2D eigenvalue weighted by atomic mass is 9.97. The van der Waals surface area contributed by atoms with Crippen LogP contribution in [0.2, 0.25) is 0 Å². The molecule has 8 heteroatoms. The van der Waals surface area contributed by atoms with E-state index in [4.69, 9.17) is 5.73 Å². The second kappa shape index (κ2) is 8.04. The van der Waals surface area contributed by atoms with E-state index in [-0.39, 0.29) is 23.5 Å². The average Bonchev–Trinajstić information content (AvgIpc) is 2.92. The molecule has 0 spiro atoms. The van der Waals surface area contributed by atoms with Crippen LogP contribution in [0.5, 0.6) is 0 Å². The molecule has 6 nitrogen and oxygen atoms in total. The molecule has 0 radical (unpaired) electrons. The van der Waals surface area contributed by atoms with Gasteiger partial charge in [-0.2, -0.15) is 0 Å². The first kappa shape index (κ1) is 21.7. The van der Waals surface area contributed by atoms with Crippen LogP contribution in [-0.4, -0.2) is 36.9 Å². The number of sulfone groups is 1. The Hall–Kier alpha value is -2.97. The van der Waals surface area contributed by atoms with E-state index >= 15 is 0 Å². The fourth-order valence-corrected chi connectivity index (χ4v) is 4.25. The molecule has 3 N–H and O–H groups in total. The molecular formula is C22H23FN2O4S. The lowest BCUT2D eigenvalue weighted by molar-refractivity contribution is 0.0697. The average molecular weight is 431 g/mol. The molecule has 0 amide bonds. The van der Waals surface area contributed by atoms with E-state index in [0.717, 1.165) is 11.8 Å². The molecule has 1 heterocycles. The molecule has 0 saturated carbocycles. The second-order valence-corrected chi connectivity index (χ2v) is 9.23. The highest BCUT2D eigenvalue weighted by Crippen LogP contribution is 2.38. The summed E-state index contributed by atoms with van der Waals surface area (Å²) in [6, 6.07) is 9.47. The monoisotopic (exact) mass is 430 g/mol. The minimum atomic E-state index is -3.44. The van der Waals surface area contributed by atoms with Gasteiger partial charge in [-0.15, -0.1) is 0 Å². The highest BCUT2D eigenvalue weighted by molar-refractivity contribution is 7.90. The number of aromatic nitrogens is 1. The third-order valence-corrected chi connectivity index (χ3v) is 6.24. The van der Waals surface area contributed by atoms with Crippen molar-refractivity contribution in [2.24, 2.45) is 5.73 Å². The maximum Gasteiger partial charge on any atom is 0.335 e. The van der Waals surface area contributed by atoms with Crippen molar-refractivity contribution < 1.29 is 22.7 Å². The van der Waals surface area contributed by atoms with Gasteiger partial charge in [-0.25, -0.2) is 17.6 Å². The van der Waals surface area contributed by atoms with Gasteiger partial charge < -0.3 is 15.4 Å². The van der Waals surface area contributed by atoms with E-state index in [1.807, 2.05) is 6.92 Å². The van der Waals surface area contributed by atoms with Crippen molar-refractivity contribution in [3.63, 3.8) is 0 Å². The Bertz CT molecular complexity index is 1290. The Morgan fingerprint density at radius 2 is 1.90 bits per heavy atom. The van der Waals surface area contributed by atoms with Crippen LogP contribution in [-0.2, 0) is 16.4 Å². The molecule has 158 valence electrons. The fraction of sp³-hybridized carbons (Fsp3) is 0.227. The van der Waals surface area contributed by atoms with E-state index in [1.165, 1.54) is 24.3 Å². The largest absolute Gasteiger partial charge is 0.478 e. The molecule has 0 unspecified atom stereocenters. The number of allylic oxidation sites excluding steroid dienone is 1. The van der Waals surface area contributed by atoms with Crippen molar-refractivity contribution in [1.82, 2.24) is 4.57 Å². The van der Waals surface area contributed by atoms with E-state index in [0.29, 0.717) is 27.7 Å². The molecule has 0 bridgehead atoms. The molecule has 1 aromatic heterocycles. The van der Waals surface area contributed by atoms with Gasteiger partial charge in [-0.3, -0.25) is 0 Å². The number of carbonyl (C=O) groups is 1. The van der Waals surface area contributed by atoms with Crippen LogP contribution in [0.1, 0.15) is 21.6 Å². The number of carboxylic acids is 1. The number of nitrogens with two attached hydrogens (primary N) is 1. The van der Waals surface area contributed by atoms with Crippen molar-refractivity contribution in [2.75, 3.05) is 12.8 Å². The summed E-state index contributed by atoms with van der Waals surface area (Å²) in [5.41, 5.74) is 9.01. The van der Waals surface area contributed by atoms with Crippen molar-refractivity contribution in [2.45, 2.75) is 25.3 Å². The Kier molecular flexibility index (Phi) is 5.83. The van der Waals surface area contributed by atoms with Gasteiger partial charge in [0.05, 0.1) is 17.0 Å². The predicted molar refractivity (Wildman–Crippen MR) is 115 cm³/mol. The van der Waals surface area contributed by atoms with Crippen LogP contribution < -0.4 is 5.73 Å². The maximum atomic E-state index is 14.3. The van der Waals surface area contributed by atoms with Gasteiger partial charge in [-0.05, 0) is 61.4 Å². The molecule has 0 saturated heterocycles. The van der Waals surface area contributed by atoms with E-state index < -0.39 is 21.6 Å². The predicted octanol–water partition coefficient (Wildman–Crippen LogP) is 3.84. The van der Waals surface area contributed by atoms with Gasteiger partial charge in [0.25, 0.3) is 0 Å². The molecule has 0 atom stereocenters. The number of aromatic carboxylic acids is 1. The molecule has 30 heavy (non-hydrogen) atoms. The number of carboxylic acid groups (broad SMARTS) is 1. The van der Waals surface area contributed by atoms with Crippen LogP contribution in [0.15, 0.2) is 53.2 Å². The zero-order chi connectivity index (χ0) is 22.2. The van der Waals surface area contributed by atoms with Gasteiger partial charge in [0.15, 0.2) is 9.84 Å². The Morgan fingerprint density at radius 1 is 1.20 bits per heavy atom. The topological polar surface area (TPSA) is 102 Å². The summed E-state index contributed by atoms with van der Waals surface area (Å²) in [4.78, 5) is 11.7. The van der Waals surface area contributed by atoms with Crippen molar-refractivity contribution in [1.29, 1.82) is 0 Å². The number of rotatable bonds is 6. The molecule has 0 fully saturated rings. The van der Waals surface area contributed by atoms with Crippen molar-refractivity contribution in [3.8, 4) is 11.1 Å². The Labute approximate surface area is 174 Å². The first-order valence-electron chi connectivity index (χ1n) is 9.26. The number of aryl methyl sites for hydroxylation is 1. The van der Waals surface area contributed by atoms with Crippen LogP contribution in [0.3, 0.4) is 0 Å². The molecule has 3 rings (SSSR count). The molecule has 2 aromatic carbocycles. The summed E-state index contributed by atoms with van der Waals surface area (Å²) in [7, 11) is -3.44. The van der Waals surface area contributed by atoms with Crippen LogP contribution in [0.4, 0.5) is 4.39 Å². The number of hydrogen-bond donors (Lipinski definition) is 2. The number of halogens is 1. The van der Waals surface area contributed by atoms with Gasteiger partial charge in [0.1, 0.15) is 5.83 Å². The molecular weight excluding hydrogens is 407 g/mol. The number of benzene rings is 2. The summed E-state index contributed by atoms with van der Waals surface area (Å²) < 4.78 is 40.2. The summed E-state index contributed by atoms with van der Waals surface area (Å²) in [5.74, 6) is -1.49. The summed E-state index contributed by atoms with van der Waals surface area (Å²) in [5, 5.41) is 10.0. The van der Waals surface area contributed by atoms with Gasteiger partial charge in [0.2, 0.25) is 0 Å². The highest BCUT2D eigenvalue weighted by Gasteiger charge is 2.21. The summed E-state index contributed by atoms with van der Waals surface area (Å²) in [6.07, 6.45) is 2.42. The SMILES string of the molecule is Cc1ccc(S(C)(=O)=O)cc1-c1c(C)n(C/C(F)=C/CN)c2ccc(C(=O)O)cc12. The second-order valence-electron chi connectivity index (χ2n) is 7.22. The zero-order valence-corrected chi connectivity index (χ0v) is 17.8. The highest BCUT2D eigenvalue weighted by atomic mass is 32.2. The van der Waals surface area contributed by atoms with Crippen molar-refractivity contribution in [3.05, 3.63) is 65.1 Å². The lowest BCUT2D eigenvalue weighted by Crippen LogP contribution is -2.04. The van der Waals surface area contributed by atoms with Gasteiger partial charge in [-0.1, -0.05) is 6.07 Å². The Morgan fingerprint density at radius 3 is 2.50 bits per heavy atom. The smallest absolute Gasteiger partial charge is 0.335 e. The van der Waals surface area contributed by atoms with Crippen LogP contribution in [0, 0.1) is 13.8 Å². The van der Waals surface area contributed by atoms with E-state index in [9.17, 15) is 22.7 Å². The maximum absolute atomic E-state index is 14.3. The quantitative estimate of drug-likeness (QED) is 0.619. The normalized spacial score (nSPS) is 12.5. The van der Waals surface area contributed by atoms with Crippen LogP contribution in [0.25, 0.3) is 22.0 Å². The fourth-order valence-electron chi connectivity index (χ4n) is 3.60. The summed E-state index contributed by atoms with van der Waals surface area (Å²) >= 11 is 0. The lowest BCUT2D eigenvalue weighted by Gasteiger charge is -2.11. The first-order valence-corrected chi connectivity index (χ1v) is 11.2.